The SMILES string of the molecule is CCNC(=NCC1CCN(S(=O)(=O)C(F)F)CC1)N1CCCC1. The molecule has 0 spiro atoms. The molecule has 9 heteroatoms. The molecule has 23 heavy (non-hydrogen) atoms. The summed E-state index contributed by atoms with van der Waals surface area (Å²) in [6, 6.07) is 0. The van der Waals surface area contributed by atoms with Crippen molar-refractivity contribution in [3.05, 3.63) is 0 Å². The van der Waals surface area contributed by atoms with Gasteiger partial charge in [-0.05, 0) is 38.5 Å². The van der Waals surface area contributed by atoms with E-state index >= 15 is 0 Å². The number of likely N-dealkylation sites (tertiary alicyclic amines) is 1. The average Bonchev–Trinajstić information content (AvgIpc) is 3.06. The Labute approximate surface area is 137 Å². The van der Waals surface area contributed by atoms with Gasteiger partial charge in [0.15, 0.2) is 5.96 Å². The molecular formula is C14H26F2N4O2S. The van der Waals surface area contributed by atoms with Gasteiger partial charge in [0.25, 0.3) is 10.0 Å². The molecule has 0 unspecified atom stereocenters. The van der Waals surface area contributed by atoms with E-state index in [1.807, 2.05) is 6.92 Å². The molecule has 2 rings (SSSR count). The van der Waals surface area contributed by atoms with Gasteiger partial charge in [-0.1, -0.05) is 0 Å². The molecule has 2 saturated heterocycles. The van der Waals surface area contributed by atoms with Crippen LogP contribution >= 0.6 is 0 Å². The number of alkyl halides is 2. The molecule has 0 aromatic carbocycles. The van der Waals surface area contributed by atoms with Crippen LogP contribution in [0, 0.1) is 5.92 Å². The number of piperidine rings is 1. The van der Waals surface area contributed by atoms with Crippen LogP contribution in [0.1, 0.15) is 32.6 Å². The van der Waals surface area contributed by atoms with Crippen LogP contribution in [0.25, 0.3) is 0 Å². The fourth-order valence-electron chi connectivity index (χ4n) is 3.03. The highest BCUT2D eigenvalue weighted by Crippen LogP contribution is 2.23. The topological polar surface area (TPSA) is 65.0 Å². The molecule has 2 aliphatic heterocycles. The van der Waals surface area contributed by atoms with Crippen molar-refractivity contribution in [2.45, 2.75) is 38.4 Å². The average molecular weight is 352 g/mol. The van der Waals surface area contributed by atoms with Gasteiger partial charge in [0, 0.05) is 39.3 Å². The van der Waals surface area contributed by atoms with E-state index in [0.717, 1.165) is 29.9 Å². The normalized spacial score (nSPS) is 22.1. The minimum atomic E-state index is -4.43. The Kier molecular flexibility index (Phi) is 6.58. The van der Waals surface area contributed by atoms with Crippen LogP contribution in [0.5, 0.6) is 0 Å². The summed E-state index contributed by atoms with van der Waals surface area (Å²) < 4.78 is 48.9. The van der Waals surface area contributed by atoms with Crippen LogP contribution in [-0.2, 0) is 10.0 Å². The van der Waals surface area contributed by atoms with Gasteiger partial charge >= 0.3 is 5.76 Å². The Bertz CT molecular complexity index is 499. The smallest absolute Gasteiger partial charge is 0.350 e. The van der Waals surface area contributed by atoms with E-state index in [1.165, 1.54) is 12.8 Å². The fourth-order valence-corrected chi connectivity index (χ4v) is 3.97. The maximum atomic E-state index is 12.5. The number of nitrogens with zero attached hydrogens (tertiary/aromatic N) is 3. The van der Waals surface area contributed by atoms with Gasteiger partial charge < -0.3 is 10.2 Å². The maximum absolute atomic E-state index is 12.5. The van der Waals surface area contributed by atoms with Crippen molar-refractivity contribution in [2.75, 3.05) is 39.3 Å². The summed E-state index contributed by atoms with van der Waals surface area (Å²) in [7, 11) is -4.43. The lowest BCUT2D eigenvalue weighted by Crippen LogP contribution is -2.42. The second-order valence-corrected chi connectivity index (χ2v) is 7.94. The van der Waals surface area contributed by atoms with Gasteiger partial charge in [0.1, 0.15) is 0 Å². The molecule has 0 amide bonds. The molecule has 0 radical (unpaired) electrons. The highest BCUT2D eigenvalue weighted by atomic mass is 32.2. The number of guanidine groups is 1. The standard InChI is InChI=1S/C14H26F2N4O2S/c1-2-17-14(19-7-3-4-8-19)18-11-12-5-9-20(10-6-12)23(21,22)13(15)16/h12-13H,2-11H2,1H3,(H,17,18). The lowest BCUT2D eigenvalue weighted by atomic mass is 9.98. The first-order valence-electron chi connectivity index (χ1n) is 8.25. The first kappa shape index (κ1) is 18.4. The lowest BCUT2D eigenvalue weighted by molar-refractivity contribution is 0.205. The fraction of sp³-hybridized carbons (Fsp3) is 0.929. The van der Waals surface area contributed by atoms with E-state index in [4.69, 9.17) is 0 Å². The summed E-state index contributed by atoms with van der Waals surface area (Å²) in [6.07, 6.45) is 3.51. The minimum absolute atomic E-state index is 0.160. The number of hydrogen-bond acceptors (Lipinski definition) is 3. The summed E-state index contributed by atoms with van der Waals surface area (Å²) in [4.78, 5) is 6.89. The predicted molar refractivity (Wildman–Crippen MR) is 86.0 cm³/mol. The molecule has 0 bridgehead atoms. The molecule has 0 aliphatic carbocycles. The van der Waals surface area contributed by atoms with Crippen molar-refractivity contribution in [3.63, 3.8) is 0 Å². The van der Waals surface area contributed by atoms with Crippen molar-refractivity contribution in [1.29, 1.82) is 0 Å². The second-order valence-electron chi connectivity index (χ2n) is 6.04. The summed E-state index contributed by atoms with van der Waals surface area (Å²) in [5, 5.41) is 3.28. The molecular weight excluding hydrogens is 326 g/mol. The van der Waals surface area contributed by atoms with Crippen molar-refractivity contribution in [3.8, 4) is 0 Å². The quantitative estimate of drug-likeness (QED) is 0.599. The Hall–Kier alpha value is -0.960. The van der Waals surface area contributed by atoms with Crippen LogP contribution in [0.2, 0.25) is 0 Å². The number of sulfonamides is 1. The molecule has 0 aromatic rings. The van der Waals surface area contributed by atoms with Gasteiger partial charge in [-0.3, -0.25) is 4.99 Å². The molecule has 2 fully saturated rings. The van der Waals surface area contributed by atoms with Gasteiger partial charge in [-0.25, -0.2) is 8.42 Å². The van der Waals surface area contributed by atoms with E-state index in [0.29, 0.717) is 19.4 Å². The Morgan fingerprint density at radius 3 is 2.35 bits per heavy atom. The Morgan fingerprint density at radius 1 is 1.22 bits per heavy atom. The van der Waals surface area contributed by atoms with Gasteiger partial charge in [-0.15, -0.1) is 0 Å². The number of halogens is 2. The number of nitrogens with one attached hydrogen (secondary N) is 1. The minimum Gasteiger partial charge on any atom is -0.357 e. The van der Waals surface area contributed by atoms with E-state index in [2.05, 4.69) is 15.2 Å². The number of hydrogen-bond donors (Lipinski definition) is 1. The highest BCUT2D eigenvalue weighted by Gasteiger charge is 2.34. The Balaban J connectivity index is 1.86. The van der Waals surface area contributed by atoms with E-state index in [9.17, 15) is 17.2 Å². The third-order valence-corrected chi connectivity index (χ3v) is 5.93. The molecule has 2 aliphatic rings. The second kappa shape index (κ2) is 8.23. The third kappa shape index (κ3) is 4.76. The third-order valence-electron chi connectivity index (χ3n) is 4.40. The molecule has 0 saturated carbocycles. The van der Waals surface area contributed by atoms with Crippen LogP contribution in [0.4, 0.5) is 8.78 Å². The highest BCUT2D eigenvalue weighted by molar-refractivity contribution is 7.89. The zero-order chi connectivity index (χ0) is 16.9. The van der Waals surface area contributed by atoms with Crippen LogP contribution in [0.3, 0.4) is 0 Å². The Morgan fingerprint density at radius 2 is 1.83 bits per heavy atom. The summed E-state index contributed by atoms with van der Waals surface area (Å²) in [5.41, 5.74) is 0. The van der Waals surface area contributed by atoms with Gasteiger partial charge in [0.2, 0.25) is 0 Å². The molecule has 0 atom stereocenters. The number of rotatable bonds is 5. The van der Waals surface area contributed by atoms with Gasteiger partial charge in [0.05, 0.1) is 0 Å². The van der Waals surface area contributed by atoms with Crippen LogP contribution in [0.15, 0.2) is 4.99 Å². The lowest BCUT2D eigenvalue weighted by Gasteiger charge is -2.30. The van der Waals surface area contributed by atoms with Crippen molar-refractivity contribution in [2.24, 2.45) is 10.9 Å². The van der Waals surface area contributed by atoms with E-state index in [1.54, 1.807) is 0 Å². The van der Waals surface area contributed by atoms with Crippen molar-refractivity contribution < 1.29 is 17.2 Å². The molecule has 134 valence electrons. The predicted octanol–water partition coefficient (Wildman–Crippen LogP) is 1.31. The first-order chi connectivity index (χ1) is 10.9. The van der Waals surface area contributed by atoms with E-state index < -0.39 is 15.8 Å². The number of aliphatic imine (C=N–C) groups is 1. The molecule has 6 nitrogen and oxygen atoms in total. The molecule has 0 aromatic heterocycles. The van der Waals surface area contributed by atoms with Crippen LogP contribution in [-0.4, -0.2) is 68.6 Å². The summed E-state index contributed by atoms with van der Waals surface area (Å²) in [6.45, 7) is 5.79. The first-order valence-corrected chi connectivity index (χ1v) is 9.76. The maximum Gasteiger partial charge on any atom is 0.350 e. The van der Waals surface area contributed by atoms with Crippen molar-refractivity contribution in [1.82, 2.24) is 14.5 Å². The van der Waals surface area contributed by atoms with Crippen molar-refractivity contribution >= 4 is 16.0 Å². The molecule has 1 N–H and O–H groups in total. The van der Waals surface area contributed by atoms with Gasteiger partial charge in [-0.2, -0.15) is 13.1 Å². The van der Waals surface area contributed by atoms with Crippen LogP contribution < -0.4 is 5.32 Å². The largest absolute Gasteiger partial charge is 0.357 e. The monoisotopic (exact) mass is 352 g/mol. The van der Waals surface area contributed by atoms with E-state index in [-0.39, 0.29) is 19.0 Å². The zero-order valence-corrected chi connectivity index (χ0v) is 14.4. The zero-order valence-electron chi connectivity index (χ0n) is 13.5. The molecule has 2 heterocycles. The summed E-state index contributed by atoms with van der Waals surface area (Å²) in [5.74, 6) is -2.17. The summed E-state index contributed by atoms with van der Waals surface area (Å²) >= 11 is 0.